The average Bonchev–Trinajstić information content (AvgIpc) is 2.26. The van der Waals surface area contributed by atoms with Gasteiger partial charge in [-0.3, -0.25) is 0 Å². The number of halogens is 1. The van der Waals surface area contributed by atoms with E-state index in [1.165, 1.54) is 5.56 Å². The van der Waals surface area contributed by atoms with Crippen molar-refractivity contribution >= 4 is 15.9 Å². The lowest BCUT2D eigenvalue weighted by Crippen LogP contribution is -2.29. The summed E-state index contributed by atoms with van der Waals surface area (Å²) in [7, 11) is 2.14. The van der Waals surface area contributed by atoms with Crippen LogP contribution in [0.5, 0.6) is 0 Å². The van der Waals surface area contributed by atoms with Crippen molar-refractivity contribution in [1.82, 2.24) is 4.90 Å². The Bertz CT molecular complexity index is 308. The molecule has 1 atom stereocenters. The van der Waals surface area contributed by atoms with Crippen molar-refractivity contribution in [3.8, 4) is 0 Å². The number of rotatable bonds is 5. The molecule has 2 N–H and O–H groups in total. The largest absolute Gasteiger partial charge is 0.324 e. The van der Waals surface area contributed by atoms with Gasteiger partial charge in [0.15, 0.2) is 0 Å². The highest BCUT2D eigenvalue weighted by molar-refractivity contribution is 9.10. The van der Waals surface area contributed by atoms with Gasteiger partial charge in [0.1, 0.15) is 0 Å². The van der Waals surface area contributed by atoms with Crippen LogP contribution in [-0.2, 0) is 0 Å². The van der Waals surface area contributed by atoms with Crippen LogP contribution >= 0.6 is 15.9 Å². The van der Waals surface area contributed by atoms with E-state index in [1.807, 2.05) is 12.1 Å². The molecule has 1 unspecified atom stereocenters. The Morgan fingerprint density at radius 3 is 2.31 bits per heavy atom. The minimum Gasteiger partial charge on any atom is -0.324 e. The SMILES string of the molecule is CC(C)N(C)CCC(N)c1ccc(Br)cc1. The van der Waals surface area contributed by atoms with Crippen LogP contribution in [0.1, 0.15) is 31.9 Å². The van der Waals surface area contributed by atoms with Gasteiger partial charge in [0.2, 0.25) is 0 Å². The number of hydrogen-bond acceptors (Lipinski definition) is 2. The van der Waals surface area contributed by atoms with Gasteiger partial charge < -0.3 is 10.6 Å². The molecule has 16 heavy (non-hydrogen) atoms. The Kier molecular flexibility index (Phi) is 5.46. The molecule has 0 saturated heterocycles. The third-order valence-corrected chi connectivity index (χ3v) is 3.50. The van der Waals surface area contributed by atoms with Crippen LogP contribution in [0.2, 0.25) is 0 Å². The molecule has 0 heterocycles. The first-order valence-corrected chi connectivity index (χ1v) is 6.51. The van der Waals surface area contributed by atoms with E-state index in [0.29, 0.717) is 6.04 Å². The summed E-state index contributed by atoms with van der Waals surface area (Å²) in [6.45, 7) is 5.44. The van der Waals surface area contributed by atoms with Gasteiger partial charge in [-0.2, -0.15) is 0 Å². The lowest BCUT2D eigenvalue weighted by Gasteiger charge is -2.23. The van der Waals surface area contributed by atoms with Gasteiger partial charge in [-0.25, -0.2) is 0 Å². The predicted molar refractivity (Wildman–Crippen MR) is 73.5 cm³/mol. The summed E-state index contributed by atoms with van der Waals surface area (Å²) in [5.74, 6) is 0. The maximum absolute atomic E-state index is 6.15. The molecule has 0 spiro atoms. The zero-order chi connectivity index (χ0) is 12.1. The van der Waals surface area contributed by atoms with Crippen molar-refractivity contribution in [3.63, 3.8) is 0 Å². The lowest BCUT2D eigenvalue weighted by atomic mass is 10.0. The molecule has 90 valence electrons. The van der Waals surface area contributed by atoms with E-state index in [2.05, 4.69) is 53.9 Å². The minimum absolute atomic E-state index is 0.134. The highest BCUT2D eigenvalue weighted by Crippen LogP contribution is 2.17. The van der Waals surface area contributed by atoms with Gasteiger partial charge in [0, 0.05) is 16.6 Å². The Morgan fingerprint density at radius 2 is 1.81 bits per heavy atom. The molecule has 0 amide bonds. The lowest BCUT2D eigenvalue weighted by molar-refractivity contribution is 0.263. The van der Waals surface area contributed by atoms with Crippen molar-refractivity contribution in [2.75, 3.05) is 13.6 Å². The van der Waals surface area contributed by atoms with Gasteiger partial charge in [0.05, 0.1) is 0 Å². The maximum Gasteiger partial charge on any atom is 0.0307 e. The summed E-state index contributed by atoms with van der Waals surface area (Å²) in [6.07, 6.45) is 0.996. The van der Waals surface area contributed by atoms with Crippen LogP contribution in [-0.4, -0.2) is 24.5 Å². The summed E-state index contributed by atoms with van der Waals surface area (Å²) in [6, 6.07) is 8.98. The first kappa shape index (κ1) is 13.7. The van der Waals surface area contributed by atoms with Crippen molar-refractivity contribution < 1.29 is 0 Å². The standard InChI is InChI=1S/C13H21BrN2/c1-10(2)16(3)9-8-13(15)11-4-6-12(14)7-5-11/h4-7,10,13H,8-9,15H2,1-3H3. The molecule has 2 nitrogen and oxygen atoms in total. The molecule has 0 bridgehead atoms. The molecule has 0 radical (unpaired) electrons. The second kappa shape index (κ2) is 6.38. The van der Waals surface area contributed by atoms with Crippen LogP contribution in [0.4, 0.5) is 0 Å². The Balaban J connectivity index is 2.46. The number of nitrogens with two attached hydrogens (primary N) is 1. The minimum atomic E-state index is 0.134. The summed E-state index contributed by atoms with van der Waals surface area (Å²) in [4.78, 5) is 2.32. The highest BCUT2D eigenvalue weighted by atomic mass is 79.9. The number of nitrogens with zero attached hydrogens (tertiary/aromatic N) is 1. The Morgan fingerprint density at radius 1 is 1.25 bits per heavy atom. The molecule has 0 aliphatic heterocycles. The molecule has 1 aromatic carbocycles. The third kappa shape index (κ3) is 4.24. The second-order valence-corrected chi connectivity index (χ2v) is 5.44. The first-order valence-electron chi connectivity index (χ1n) is 5.72. The van der Waals surface area contributed by atoms with Gasteiger partial charge in [-0.05, 0) is 51.6 Å². The van der Waals surface area contributed by atoms with E-state index in [4.69, 9.17) is 5.73 Å². The number of hydrogen-bond donors (Lipinski definition) is 1. The summed E-state index contributed by atoms with van der Waals surface area (Å²) in [5, 5.41) is 0. The van der Waals surface area contributed by atoms with E-state index < -0.39 is 0 Å². The molecule has 0 aliphatic carbocycles. The van der Waals surface area contributed by atoms with Crippen molar-refractivity contribution in [2.45, 2.75) is 32.4 Å². The first-order chi connectivity index (χ1) is 7.50. The second-order valence-electron chi connectivity index (χ2n) is 4.52. The predicted octanol–water partition coefficient (Wildman–Crippen LogP) is 3.18. The van der Waals surface area contributed by atoms with E-state index in [1.54, 1.807) is 0 Å². The topological polar surface area (TPSA) is 29.3 Å². The fourth-order valence-electron chi connectivity index (χ4n) is 1.48. The van der Waals surface area contributed by atoms with Crippen LogP contribution < -0.4 is 5.73 Å². The molecule has 0 saturated carbocycles. The monoisotopic (exact) mass is 284 g/mol. The van der Waals surface area contributed by atoms with E-state index in [0.717, 1.165) is 17.4 Å². The van der Waals surface area contributed by atoms with Gasteiger partial charge in [-0.1, -0.05) is 28.1 Å². The van der Waals surface area contributed by atoms with Crippen molar-refractivity contribution in [3.05, 3.63) is 34.3 Å². The van der Waals surface area contributed by atoms with Gasteiger partial charge in [0.25, 0.3) is 0 Å². The molecule has 1 rings (SSSR count). The molecule has 1 aromatic rings. The van der Waals surface area contributed by atoms with Gasteiger partial charge >= 0.3 is 0 Å². The average molecular weight is 285 g/mol. The van der Waals surface area contributed by atoms with Crippen molar-refractivity contribution in [2.24, 2.45) is 5.73 Å². The summed E-state index contributed by atoms with van der Waals surface area (Å²) >= 11 is 3.43. The quantitative estimate of drug-likeness (QED) is 0.900. The van der Waals surface area contributed by atoms with Crippen LogP contribution in [0.3, 0.4) is 0 Å². The summed E-state index contributed by atoms with van der Waals surface area (Å²) in [5.41, 5.74) is 7.36. The van der Waals surface area contributed by atoms with Crippen LogP contribution in [0, 0.1) is 0 Å². The molecule has 0 fully saturated rings. The number of benzene rings is 1. The maximum atomic E-state index is 6.15. The van der Waals surface area contributed by atoms with Gasteiger partial charge in [-0.15, -0.1) is 0 Å². The van der Waals surface area contributed by atoms with Crippen molar-refractivity contribution in [1.29, 1.82) is 0 Å². The fourth-order valence-corrected chi connectivity index (χ4v) is 1.74. The Hall–Kier alpha value is -0.380. The van der Waals surface area contributed by atoms with E-state index in [9.17, 15) is 0 Å². The van der Waals surface area contributed by atoms with Crippen LogP contribution in [0.25, 0.3) is 0 Å². The van der Waals surface area contributed by atoms with E-state index in [-0.39, 0.29) is 6.04 Å². The van der Waals surface area contributed by atoms with Crippen LogP contribution in [0.15, 0.2) is 28.7 Å². The Labute approximate surface area is 107 Å². The normalized spacial score (nSPS) is 13.4. The fraction of sp³-hybridized carbons (Fsp3) is 0.538. The highest BCUT2D eigenvalue weighted by Gasteiger charge is 2.09. The molecular weight excluding hydrogens is 264 g/mol. The smallest absolute Gasteiger partial charge is 0.0307 e. The molecule has 3 heteroatoms. The summed E-state index contributed by atoms with van der Waals surface area (Å²) < 4.78 is 1.10. The zero-order valence-electron chi connectivity index (χ0n) is 10.3. The zero-order valence-corrected chi connectivity index (χ0v) is 11.9. The molecular formula is C13H21BrN2. The molecule has 0 aromatic heterocycles. The third-order valence-electron chi connectivity index (χ3n) is 2.97. The molecule has 0 aliphatic rings. The van der Waals surface area contributed by atoms with E-state index >= 15 is 0 Å².